The van der Waals surface area contributed by atoms with Crippen molar-refractivity contribution in [3.8, 4) is 23.0 Å². The van der Waals surface area contributed by atoms with E-state index in [0.717, 1.165) is 5.56 Å². The summed E-state index contributed by atoms with van der Waals surface area (Å²) in [5.41, 5.74) is 1.56. The van der Waals surface area contributed by atoms with Crippen molar-refractivity contribution in [1.82, 2.24) is 14.5 Å². The van der Waals surface area contributed by atoms with Crippen molar-refractivity contribution in [3.63, 3.8) is 0 Å². The van der Waals surface area contributed by atoms with E-state index in [1.165, 1.54) is 16.7 Å². The van der Waals surface area contributed by atoms with Crippen LogP contribution in [0.3, 0.4) is 0 Å². The number of halogens is 1. The van der Waals surface area contributed by atoms with Crippen LogP contribution in [0.15, 0.2) is 47.4 Å². The Hall–Kier alpha value is -2.91. The first-order valence-electron chi connectivity index (χ1n) is 9.61. The smallest absolute Gasteiger partial charge is 0.324 e. The van der Waals surface area contributed by atoms with Gasteiger partial charge in [-0.25, -0.2) is 8.42 Å². The molecule has 0 saturated carbocycles. The number of rotatable bonds is 7. The number of hydrogen-bond acceptors (Lipinski definition) is 6. The zero-order chi connectivity index (χ0) is 22.8. The van der Waals surface area contributed by atoms with Crippen LogP contribution in [0.25, 0.3) is 11.3 Å². The Balaban J connectivity index is 2.11. The molecule has 31 heavy (non-hydrogen) atoms. The van der Waals surface area contributed by atoms with Gasteiger partial charge in [0.05, 0.1) is 16.0 Å². The van der Waals surface area contributed by atoms with E-state index in [4.69, 9.17) is 16.3 Å². The number of sulfonamides is 1. The Labute approximate surface area is 185 Å². The van der Waals surface area contributed by atoms with Gasteiger partial charge in [0, 0.05) is 30.9 Å². The van der Waals surface area contributed by atoms with Crippen LogP contribution < -0.4 is 15.0 Å². The molecule has 0 spiro atoms. The fourth-order valence-electron chi connectivity index (χ4n) is 2.72. The summed E-state index contributed by atoms with van der Waals surface area (Å²) in [5.74, 6) is 0.427. The lowest BCUT2D eigenvalue weighted by Crippen LogP contribution is -2.25. The molecule has 0 aliphatic rings. The van der Waals surface area contributed by atoms with E-state index in [1.54, 1.807) is 45.3 Å². The van der Waals surface area contributed by atoms with Gasteiger partial charge >= 0.3 is 6.01 Å². The molecule has 1 N–H and O–H groups in total. The monoisotopic (exact) mass is 462 g/mol. The number of ether oxygens (including phenoxy) is 1. The average molecular weight is 463 g/mol. The van der Waals surface area contributed by atoms with Crippen LogP contribution >= 0.6 is 11.6 Å². The molecule has 8 nitrogen and oxygen atoms in total. The van der Waals surface area contributed by atoms with E-state index in [2.05, 4.69) is 14.7 Å². The summed E-state index contributed by atoms with van der Waals surface area (Å²) in [5, 5.41) is -0.239. The second-order valence-corrected chi connectivity index (χ2v) is 9.65. The minimum absolute atomic E-state index is 0.0545. The van der Waals surface area contributed by atoms with Crippen LogP contribution in [0.1, 0.15) is 25.8 Å². The van der Waals surface area contributed by atoms with Crippen LogP contribution in [0.4, 0.5) is 5.82 Å². The first-order valence-corrected chi connectivity index (χ1v) is 11.5. The molecule has 0 aliphatic heterocycles. The zero-order valence-corrected chi connectivity index (χ0v) is 19.2. The van der Waals surface area contributed by atoms with Gasteiger partial charge in [-0.05, 0) is 38.0 Å². The van der Waals surface area contributed by atoms with Crippen molar-refractivity contribution in [3.05, 3.63) is 63.5 Å². The molecule has 0 unspecified atom stereocenters. The Morgan fingerprint density at radius 1 is 1.23 bits per heavy atom. The van der Waals surface area contributed by atoms with E-state index in [-0.39, 0.29) is 17.4 Å². The summed E-state index contributed by atoms with van der Waals surface area (Å²) < 4.78 is 34.9. The number of nitrogens with one attached hydrogen (secondary N) is 1. The normalized spacial score (nSPS) is 12.4. The van der Waals surface area contributed by atoms with Crippen LogP contribution in [0, 0.1) is 6.92 Å². The van der Waals surface area contributed by atoms with Gasteiger partial charge in [-0.15, -0.1) is 0 Å². The number of pyridine rings is 1. The first kappa shape index (κ1) is 22.8. The molecule has 164 valence electrons. The fraction of sp³-hybridized carbons (Fsp3) is 0.286. The van der Waals surface area contributed by atoms with Crippen LogP contribution in [-0.2, 0) is 17.1 Å². The maximum atomic E-state index is 12.6. The molecule has 0 amide bonds. The molecule has 0 fully saturated rings. The molecule has 0 aliphatic carbocycles. The topological polar surface area (TPSA) is 103 Å². The molecule has 10 heteroatoms. The zero-order valence-electron chi connectivity index (χ0n) is 17.6. The van der Waals surface area contributed by atoms with Gasteiger partial charge < -0.3 is 9.30 Å². The Kier molecular flexibility index (Phi) is 6.66. The summed E-state index contributed by atoms with van der Waals surface area (Å²) in [6.45, 7) is 5.22. The SMILES string of the molecule is CC[C@@H](C)S(=O)(=O)Nc1cc(-c2ccc(=O)n(C)c2)nc(Oc2c(C)cccc2Cl)n1. The lowest BCUT2D eigenvalue weighted by molar-refractivity contribution is 0.440. The molecule has 0 saturated heterocycles. The summed E-state index contributed by atoms with van der Waals surface area (Å²) in [4.78, 5) is 20.4. The summed E-state index contributed by atoms with van der Waals surface area (Å²) in [6.07, 6.45) is 2.04. The van der Waals surface area contributed by atoms with Crippen molar-refractivity contribution < 1.29 is 13.2 Å². The number of hydrogen-bond donors (Lipinski definition) is 1. The van der Waals surface area contributed by atoms with Gasteiger partial charge in [-0.3, -0.25) is 9.52 Å². The number of para-hydroxylation sites is 1. The summed E-state index contributed by atoms with van der Waals surface area (Å²) in [7, 11) is -2.05. The minimum atomic E-state index is -3.66. The fourth-order valence-corrected chi connectivity index (χ4v) is 4.02. The Bertz CT molecular complexity index is 1250. The highest BCUT2D eigenvalue weighted by Crippen LogP contribution is 2.32. The number of benzene rings is 1. The predicted octanol–water partition coefficient (Wildman–Crippen LogP) is 4.14. The van der Waals surface area contributed by atoms with Crippen molar-refractivity contribution >= 4 is 27.4 Å². The van der Waals surface area contributed by atoms with E-state index in [9.17, 15) is 13.2 Å². The largest absolute Gasteiger partial charge is 0.422 e. The molecular formula is C21H23ClN4O4S. The standard InChI is InChI=1S/C21H23ClN4O4S/c1-5-14(3)31(28,29)25-18-11-17(15-9-10-19(27)26(4)12-15)23-21(24-18)30-20-13(2)7-6-8-16(20)22/h6-12,14H,5H2,1-4H3,(H,23,24,25)/t14-/m1/s1. The third kappa shape index (κ3) is 5.23. The number of aryl methyl sites for hydroxylation is 2. The molecule has 3 aromatic rings. The molecule has 2 heterocycles. The second-order valence-electron chi connectivity index (χ2n) is 7.14. The predicted molar refractivity (Wildman–Crippen MR) is 121 cm³/mol. The Morgan fingerprint density at radius 2 is 1.97 bits per heavy atom. The van der Waals surface area contributed by atoms with Crippen molar-refractivity contribution in [2.45, 2.75) is 32.4 Å². The number of aromatic nitrogens is 3. The molecule has 1 atom stereocenters. The highest BCUT2D eigenvalue weighted by atomic mass is 35.5. The third-order valence-corrected chi connectivity index (χ3v) is 6.98. The average Bonchev–Trinajstić information content (AvgIpc) is 2.71. The van der Waals surface area contributed by atoms with Crippen molar-refractivity contribution in [1.29, 1.82) is 0 Å². The van der Waals surface area contributed by atoms with Crippen molar-refractivity contribution in [2.75, 3.05) is 4.72 Å². The van der Waals surface area contributed by atoms with Gasteiger partial charge in [0.15, 0.2) is 5.75 Å². The molecule has 2 aromatic heterocycles. The molecule has 0 bridgehead atoms. The van der Waals surface area contributed by atoms with Crippen LogP contribution in [0.5, 0.6) is 11.8 Å². The molecule has 0 radical (unpaired) electrons. The second kappa shape index (κ2) is 9.07. The van der Waals surface area contributed by atoms with Crippen LogP contribution in [0.2, 0.25) is 5.02 Å². The molecule has 1 aromatic carbocycles. The van der Waals surface area contributed by atoms with E-state index < -0.39 is 15.3 Å². The van der Waals surface area contributed by atoms with Crippen LogP contribution in [-0.4, -0.2) is 28.2 Å². The minimum Gasteiger partial charge on any atom is -0.422 e. The third-order valence-electron chi connectivity index (χ3n) is 4.80. The van der Waals surface area contributed by atoms with Crippen molar-refractivity contribution in [2.24, 2.45) is 7.05 Å². The van der Waals surface area contributed by atoms with Gasteiger partial charge in [-0.1, -0.05) is 30.7 Å². The summed E-state index contributed by atoms with van der Waals surface area (Å²) >= 11 is 6.25. The van der Waals surface area contributed by atoms with Gasteiger partial charge in [0.25, 0.3) is 0 Å². The van der Waals surface area contributed by atoms with E-state index in [0.29, 0.717) is 28.5 Å². The highest BCUT2D eigenvalue weighted by molar-refractivity contribution is 7.93. The number of nitrogens with zero attached hydrogens (tertiary/aromatic N) is 3. The first-order chi connectivity index (χ1) is 14.6. The molecule has 3 rings (SSSR count). The quantitative estimate of drug-likeness (QED) is 0.566. The van der Waals surface area contributed by atoms with Gasteiger partial charge in [0.1, 0.15) is 5.82 Å². The van der Waals surface area contributed by atoms with Gasteiger partial charge in [-0.2, -0.15) is 9.97 Å². The maximum absolute atomic E-state index is 12.6. The maximum Gasteiger partial charge on any atom is 0.324 e. The summed E-state index contributed by atoms with van der Waals surface area (Å²) in [6, 6.07) is 9.70. The lowest BCUT2D eigenvalue weighted by atomic mass is 10.2. The highest BCUT2D eigenvalue weighted by Gasteiger charge is 2.21. The molecular weight excluding hydrogens is 440 g/mol. The lowest BCUT2D eigenvalue weighted by Gasteiger charge is -2.15. The van der Waals surface area contributed by atoms with E-state index >= 15 is 0 Å². The number of anilines is 1. The van der Waals surface area contributed by atoms with E-state index in [1.807, 2.05) is 13.0 Å². The van der Waals surface area contributed by atoms with Gasteiger partial charge in [0.2, 0.25) is 15.6 Å². The Morgan fingerprint density at radius 3 is 2.61 bits per heavy atom.